The predicted octanol–water partition coefficient (Wildman–Crippen LogP) is 4.25. The van der Waals surface area contributed by atoms with Crippen LogP contribution in [0.4, 0.5) is 4.79 Å². The molecule has 14 heteroatoms. The number of fused-ring (bicyclic) bond motifs is 4. The Morgan fingerprint density at radius 1 is 1.02 bits per heavy atom. The van der Waals surface area contributed by atoms with Crippen LogP contribution in [-0.4, -0.2) is 121 Å². The van der Waals surface area contributed by atoms with Crippen LogP contribution >= 0.6 is 0 Å². The van der Waals surface area contributed by atoms with Crippen LogP contribution in [0.5, 0.6) is 0 Å². The van der Waals surface area contributed by atoms with Gasteiger partial charge in [0.05, 0.1) is 49.1 Å². The number of rotatable bonds is 7. The zero-order valence-corrected chi connectivity index (χ0v) is 33.5. The molecule has 2 bridgehead atoms. The summed E-state index contributed by atoms with van der Waals surface area (Å²) in [4.78, 5) is 49.2. The average molecular weight is 760 g/mol. The van der Waals surface area contributed by atoms with E-state index in [9.17, 15) is 19.5 Å². The highest BCUT2D eigenvalue weighted by Gasteiger charge is 2.57. The van der Waals surface area contributed by atoms with Crippen molar-refractivity contribution in [2.45, 2.75) is 141 Å². The zero-order valence-electron chi connectivity index (χ0n) is 33.5. The SMILES string of the molecule is CC[C@H]1OC(=O)[C@H](C)[C@H]2OC/C(=N/OCc3ccccc3)CO[C@](C)(C[C@@H](C)C(=O)[C@H](C)[C@H]3NC(=O)O[C@]31C)[C@H](O[C@@H]1O[C@H](C)C[C@H](N(C)C)[C@H]1O)[C@H]2C. The minimum atomic E-state index is -1.31. The number of nitrogens with one attached hydrogen (secondary N) is 1. The number of Topliss-reactive ketones (excluding diaryl/α,β-unsaturated/α-hetero) is 1. The second kappa shape index (κ2) is 17.3. The molecule has 0 spiro atoms. The van der Waals surface area contributed by atoms with E-state index in [0.29, 0.717) is 18.6 Å². The molecule has 1 aromatic carbocycles. The Morgan fingerprint density at radius 3 is 2.39 bits per heavy atom. The fraction of sp³-hybridized carbons (Fsp3) is 0.750. The number of cyclic esters (lactones) is 1. The normalized spacial score (nSPS) is 41.9. The largest absolute Gasteiger partial charge is 0.458 e. The molecule has 14 atom stereocenters. The van der Waals surface area contributed by atoms with Crippen molar-refractivity contribution in [2.75, 3.05) is 27.3 Å². The number of ether oxygens (including phenoxy) is 6. The number of alkyl carbamates (subject to hydrolysis) is 1. The molecule has 0 aromatic heterocycles. The Kier molecular flexibility index (Phi) is 13.5. The number of nitrogens with zero attached hydrogens (tertiary/aromatic N) is 2. The quantitative estimate of drug-likeness (QED) is 0.301. The third-order valence-corrected chi connectivity index (χ3v) is 11.9. The molecule has 4 aliphatic heterocycles. The van der Waals surface area contributed by atoms with Gasteiger partial charge in [0, 0.05) is 23.8 Å². The van der Waals surface area contributed by atoms with Gasteiger partial charge in [0.15, 0.2) is 11.9 Å². The van der Waals surface area contributed by atoms with Gasteiger partial charge in [0.2, 0.25) is 0 Å². The number of ketones is 1. The van der Waals surface area contributed by atoms with E-state index in [1.54, 1.807) is 20.8 Å². The summed E-state index contributed by atoms with van der Waals surface area (Å²) in [6, 6.07) is 8.61. The third-order valence-electron chi connectivity index (χ3n) is 11.9. The number of hydrogen-bond donors (Lipinski definition) is 2. The van der Waals surface area contributed by atoms with Gasteiger partial charge in [-0.25, -0.2) is 4.79 Å². The summed E-state index contributed by atoms with van der Waals surface area (Å²) in [5, 5.41) is 18.9. The van der Waals surface area contributed by atoms with Crippen molar-refractivity contribution in [2.24, 2.45) is 28.8 Å². The number of aliphatic hydroxyl groups excluding tert-OH is 1. The monoisotopic (exact) mass is 759 g/mol. The van der Waals surface area contributed by atoms with Gasteiger partial charge in [-0.2, -0.15) is 0 Å². The van der Waals surface area contributed by atoms with Gasteiger partial charge in [-0.15, -0.1) is 0 Å². The lowest BCUT2D eigenvalue weighted by atomic mass is 9.73. The number of carbonyl (C=O) groups is 3. The maximum atomic E-state index is 14.4. The van der Waals surface area contributed by atoms with Crippen LogP contribution in [-0.2, 0) is 49.5 Å². The standard InChI is InChI=1S/C40H61N3O11/c1-11-30-40(8)34(41-38(47)54-40)24(4)31(44)22(2)18-39(7)35(53-37-32(45)29(43(9)10)17-23(3)51-37)25(5)33(26(6)36(46)52-30)48-20-28(21-49-39)42-50-19-27-15-13-12-14-16-27/h12-16,22-26,29-30,32-35,37,45H,11,17-21H2,1-10H3,(H,41,47)/b42-28-/t22-,23-,24+,25+,26-,29+,30-,32-,33+,34-,35-,37+,39-,40+/m1/s1. The highest BCUT2D eigenvalue weighted by molar-refractivity contribution is 5.87. The van der Waals surface area contributed by atoms with E-state index < -0.39 is 83.7 Å². The molecule has 4 aliphatic rings. The first-order valence-corrected chi connectivity index (χ1v) is 19.3. The maximum Gasteiger partial charge on any atom is 0.408 e. The second-order valence-electron chi connectivity index (χ2n) is 16.4. The van der Waals surface area contributed by atoms with Gasteiger partial charge in [0.25, 0.3) is 0 Å². The van der Waals surface area contributed by atoms with E-state index in [4.69, 9.17) is 33.3 Å². The molecular formula is C40H61N3O11. The fourth-order valence-electron chi connectivity index (χ4n) is 8.87. The molecule has 14 nitrogen and oxygen atoms in total. The number of esters is 1. The van der Waals surface area contributed by atoms with Crippen LogP contribution in [0.2, 0.25) is 0 Å². The second-order valence-corrected chi connectivity index (χ2v) is 16.4. The molecular weight excluding hydrogens is 698 g/mol. The van der Waals surface area contributed by atoms with Crippen molar-refractivity contribution in [3.63, 3.8) is 0 Å². The van der Waals surface area contributed by atoms with Gasteiger partial charge in [-0.05, 0) is 66.6 Å². The fourth-order valence-corrected chi connectivity index (χ4v) is 8.87. The summed E-state index contributed by atoms with van der Waals surface area (Å²) in [7, 11) is 3.81. The summed E-state index contributed by atoms with van der Waals surface area (Å²) >= 11 is 0. The van der Waals surface area contributed by atoms with Crippen molar-refractivity contribution in [1.82, 2.24) is 10.2 Å². The number of hydrogen-bond acceptors (Lipinski definition) is 13. The van der Waals surface area contributed by atoms with Crippen molar-refractivity contribution in [1.29, 1.82) is 0 Å². The molecule has 1 aromatic rings. The number of benzene rings is 1. The van der Waals surface area contributed by atoms with Crippen molar-refractivity contribution in [3.05, 3.63) is 35.9 Å². The van der Waals surface area contributed by atoms with Gasteiger partial charge < -0.3 is 48.6 Å². The summed E-state index contributed by atoms with van der Waals surface area (Å²) in [5.74, 6) is -3.46. The van der Waals surface area contributed by atoms with E-state index in [1.165, 1.54) is 0 Å². The summed E-state index contributed by atoms with van der Waals surface area (Å²) < 4.78 is 38.6. The molecule has 4 heterocycles. The van der Waals surface area contributed by atoms with Crippen LogP contribution in [0, 0.1) is 23.7 Å². The number of likely N-dealkylation sites (N-methyl/N-ethyl adjacent to an activating group) is 1. The van der Waals surface area contributed by atoms with Crippen molar-refractivity contribution in [3.8, 4) is 0 Å². The maximum absolute atomic E-state index is 14.4. The first kappa shape index (κ1) is 42.0. The summed E-state index contributed by atoms with van der Waals surface area (Å²) in [5.41, 5.74) is -1.17. The smallest absolute Gasteiger partial charge is 0.408 e. The Labute approximate surface area is 319 Å². The van der Waals surface area contributed by atoms with Crippen LogP contribution in [0.25, 0.3) is 0 Å². The first-order valence-electron chi connectivity index (χ1n) is 19.3. The first-order chi connectivity index (χ1) is 25.5. The van der Waals surface area contributed by atoms with E-state index >= 15 is 0 Å². The Balaban J connectivity index is 1.60. The number of amides is 1. The highest BCUT2D eigenvalue weighted by atomic mass is 16.7. The highest BCUT2D eigenvalue weighted by Crippen LogP contribution is 2.42. The molecule has 2 N–H and O–H groups in total. The molecule has 0 aliphatic carbocycles. The molecule has 0 radical (unpaired) electrons. The Bertz CT molecular complexity index is 1490. The number of aliphatic hydroxyl groups is 1. The molecule has 5 rings (SSSR count). The van der Waals surface area contributed by atoms with Gasteiger partial charge in [-0.3, -0.25) is 9.59 Å². The predicted molar refractivity (Wildman–Crippen MR) is 198 cm³/mol. The molecule has 302 valence electrons. The zero-order chi connectivity index (χ0) is 39.5. The molecule has 0 saturated carbocycles. The van der Waals surface area contributed by atoms with Gasteiger partial charge in [-0.1, -0.05) is 63.2 Å². The van der Waals surface area contributed by atoms with Crippen LogP contribution in [0.3, 0.4) is 0 Å². The molecule has 4 saturated heterocycles. The van der Waals surface area contributed by atoms with Crippen molar-refractivity contribution >= 4 is 23.6 Å². The van der Waals surface area contributed by atoms with Gasteiger partial charge in [0.1, 0.15) is 30.3 Å². The van der Waals surface area contributed by atoms with E-state index in [0.717, 1.165) is 5.56 Å². The van der Waals surface area contributed by atoms with E-state index in [1.807, 2.05) is 83.9 Å². The van der Waals surface area contributed by atoms with Crippen molar-refractivity contribution < 1.29 is 52.7 Å². The Morgan fingerprint density at radius 2 is 1.72 bits per heavy atom. The van der Waals surface area contributed by atoms with E-state index in [-0.39, 0.29) is 44.2 Å². The summed E-state index contributed by atoms with van der Waals surface area (Å²) in [6.07, 6.45) is -4.43. The summed E-state index contributed by atoms with van der Waals surface area (Å²) in [6.45, 7) is 14.8. The van der Waals surface area contributed by atoms with Crippen LogP contribution in [0.15, 0.2) is 35.5 Å². The number of oxime groups is 1. The Hall–Kier alpha value is -3.14. The van der Waals surface area contributed by atoms with Crippen LogP contribution < -0.4 is 5.32 Å². The average Bonchev–Trinajstić information content (AvgIpc) is 3.46. The molecule has 4 fully saturated rings. The topological polar surface area (TPSA) is 164 Å². The van der Waals surface area contributed by atoms with Crippen LogP contribution in [0.1, 0.15) is 80.2 Å². The van der Waals surface area contributed by atoms with E-state index in [2.05, 4.69) is 10.5 Å². The third kappa shape index (κ3) is 8.94. The molecule has 0 unspecified atom stereocenters. The lowest BCUT2D eigenvalue weighted by molar-refractivity contribution is -0.302. The number of carbonyl (C=O) groups excluding carboxylic acids is 3. The molecule has 54 heavy (non-hydrogen) atoms. The minimum Gasteiger partial charge on any atom is -0.458 e. The lowest BCUT2D eigenvalue weighted by Gasteiger charge is -2.48. The van der Waals surface area contributed by atoms with Gasteiger partial charge >= 0.3 is 12.1 Å². The molecule has 1 amide bonds. The minimum absolute atomic E-state index is 0.0312. The lowest BCUT2D eigenvalue weighted by Crippen LogP contribution is -2.60.